The lowest BCUT2D eigenvalue weighted by atomic mass is 9.97. The summed E-state index contributed by atoms with van der Waals surface area (Å²) in [4.78, 5) is 36.0. The van der Waals surface area contributed by atoms with Gasteiger partial charge in [0.2, 0.25) is 21.8 Å². The number of carbonyl (C=O) groups is 3. The Morgan fingerprint density at radius 3 is 2.41 bits per heavy atom. The number of methoxy groups -OCH3 is 1. The van der Waals surface area contributed by atoms with Crippen LogP contribution < -0.4 is 10.6 Å². The fourth-order valence-electron chi connectivity index (χ4n) is 3.19. The van der Waals surface area contributed by atoms with E-state index in [2.05, 4.69) is 15.4 Å². The van der Waals surface area contributed by atoms with Crippen LogP contribution in [0.4, 0.5) is 0 Å². The zero-order valence-electron chi connectivity index (χ0n) is 16.8. The van der Waals surface area contributed by atoms with Gasteiger partial charge in [-0.3, -0.25) is 9.59 Å². The number of benzene rings is 1. The van der Waals surface area contributed by atoms with Crippen LogP contribution in [0.3, 0.4) is 0 Å². The highest BCUT2D eigenvalue weighted by atomic mass is 32.2. The summed E-state index contributed by atoms with van der Waals surface area (Å²) in [6.07, 6.45) is 0.654. The molecule has 1 heterocycles. The van der Waals surface area contributed by atoms with Crippen LogP contribution in [0.1, 0.15) is 37.0 Å². The topological polar surface area (TPSA) is 122 Å². The molecule has 1 fully saturated rings. The molecule has 0 radical (unpaired) electrons. The average Bonchev–Trinajstić information content (AvgIpc) is 2.73. The van der Waals surface area contributed by atoms with Crippen molar-refractivity contribution >= 4 is 27.8 Å². The number of hydrogen-bond acceptors (Lipinski definition) is 6. The minimum Gasteiger partial charge on any atom is -0.465 e. The van der Waals surface area contributed by atoms with Crippen molar-refractivity contribution in [2.75, 3.05) is 26.7 Å². The van der Waals surface area contributed by atoms with Crippen LogP contribution >= 0.6 is 0 Å². The fourth-order valence-corrected chi connectivity index (χ4v) is 4.84. The minimum absolute atomic E-state index is 0.0226. The Morgan fingerprint density at radius 1 is 1.21 bits per heavy atom. The largest absolute Gasteiger partial charge is 0.465 e. The van der Waals surface area contributed by atoms with E-state index >= 15 is 0 Å². The zero-order valence-corrected chi connectivity index (χ0v) is 17.6. The van der Waals surface area contributed by atoms with Crippen molar-refractivity contribution in [2.45, 2.75) is 37.6 Å². The molecule has 1 aromatic carbocycles. The van der Waals surface area contributed by atoms with E-state index in [0.29, 0.717) is 19.4 Å². The van der Waals surface area contributed by atoms with Crippen molar-refractivity contribution in [2.24, 2.45) is 5.92 Å². The van der Waals surface area contributed by atoms with Crippen molar-refractivity contribution in [3.8, 4) is 0 Å². The number of piperidine rings is 1. The van der Waals surface area contributed by atoms with E-state index in [0.717, 1.165) is 0 Å². The maximum absolute atomic E-state index is 13.0. The van der Waals surface area contributed by atoms with Crippen molar-refractivity contribution < 1.29 is 27.5 Å². The molecule has 1 saturated heterocycles. The molecule has 1 aliphatic rings. The summed E-state index contributed by atoms with van der Waals surface area (Å²) in [6, 6.07) is 5.23. The number of nitrogens with one attached hydrogen (secondary N) is 2. The monoisotopic (exact) mass is 425 g/mol. The van der Waals surface area contributed by atoms with Crippen LogP contribution in [-0.2, 0) is 24.3 Å². The van der Waals surface area contributed by atoms with E-state index in [1.165, 1.54) is 23.5 Å². The summed E-state index contributed by atoms with van der Waals surface area (Å²) < 4.78 is 32.0. The lowest BCUT2D eigenvalue weighted by Gasteiger charge is -2.31. The number of esters is 1. The average molecular weight is 426 g/mol. The summed E-state index contributed by atoms with van der Waals surface area (Å²) in [5.74, 6) is -1.64. The third-order valence-corrected chi connectivity index (χ3v) is 6.79. The summed E-state index contributed by atoms with van der Waals surface area (Å²) in [6.45, 7) is 4.16. The number of sulfonamides is 1. The van der Waals surface area contributed by atoms with Gasteiger partial charge < -0.3 is 15.4 Å². The molecule has 0 unspecified atom stereocenters. The molecule has 1 aromatic rings. The number of nitrogens with zero attached hydrogens (tertiary/aromatic N) is 1. The molecule has 1 aliphatic heterocycles. The van der Waals surface area contributed by atoms with Crippen LogP contribution in [-0.4, -0.2) is 63.3 Å². The zero-order chi connectivity index (χ0) is 21.6. The van der Waals surface area contributed by atoms with Gasteiger partial charge in [-0.05, 0) is 38.8 Å². The van der Waals surface area contributed by atoms with Crippen molar-refractivity contribution in [3.63, 3.8) is 0 Å². The van der Waals surface area contributed by atoms with Gasteiger partial charge in [-0.1, -0.05) is 12.1 Å². The first-order chi connectivity index (χ1) is 13.7. The Labute approximate surface area is 170 Å². The first-order valence-corrected chi connectivity index (χ1v) is 10.9. The normalized spacial score (nSPS) is 16.7. The quantitative estimate of drug-likeness (QED) is 0.614. The molecular formula is C19H27N3O6S. The third kappa shape index (κ3) is 5.33. The van der Waals surface area contributed by atoms with Crippen molar-refractivity contribution in [1.82, 2.24) is 14.9 Å². The smallest absolute Gasteiger partial charge is 0.339 e. The number of likely N-dealkylation sites (N-methyl/N-ethyl adjacent to an activating group) is 1. The van der Waals surface area contributed by atoms with Crippen molar-refractivity contribution in [3.05, 3.63) is 29.8 Å². The Hall–Kier alpha value is -2.46. The standard InChI is InChI=1S/C19H27N3O6S/c1-4-20-17(23)13(2)21-18(24)14-9-11-22(12-10-14)29(26,27)16-8-6-5-7-15(16)19(25)28-3/h5-8,13-14H,4,9-12H2,1-3H3,(H,20,23)(H,21,24)/t13-/m1/s1. The highest BCUT2D eigenvalue weighted by Gasteiger charge is 2.34. The van der Waals surface area contributed by atoms with Gasteiger partial charge >= 0.3 is 5.97 Å². The van der Waals surface area contributed by atoms with E-state index in [-0.39, 0.29) is 41.3 Å². The van der Waals surface area contributed by atoms with Crippen molar-refractivity contribution in [1.29, 1.82) is 0 Å². The molecule has 0 aliphatic carbocycles. The Morgan fingerprint density at radius 2 is 1.83 bits per heavy atom. The van der Waals surface area contributed by atoms with E-state index in [1.807, 2.05) is 0 Å². The Kier molecular flexibility index (Phi) is 7.74. The van der Waals surface area contributed by atoms with Gasteiger partial charge in [0.15, 0.2) is 0 Å². The number of amides is 2. The summed E-state index contributed by atoms with van der Waals surface area (Å²) in [5.41, 5.74) is -0.0226. The summed E-state index contributed by atoms with van der Waals surface area (Å²) in [5, 5.41) is 5.31. The lowest BCUT2D eigenvalue weighted by molar-refractivity contribution is -0.131. The molecule has 0 spiro atoms. The summed E-state index contributed by atoms with van der Waals surface area (Å²) in [7, 11) is -2.71. The van der Waals surface area contributed by atoms with Gasteiger partial charge in [0.05, 0.1) is 17.6 Å². The van der Waals surface area contributed by atoms with Crippen LogP contribution in [0.15, 0.2) is 29.2 Å². The minimum atomic E-state index is -3.90. The molecule has 2 N–H and O–H groups in total. The molecule has 29 heavy (non-hydrogen) atoms. The van der Waals surface area contributed by atoms with E-state index < -0.39 is 22.0 Å². The highest BCUT2D eigenvalue weighted by Crippen LogP contribution is 2.26. The highest BCUT2D eigenvalue weighted by molar-refractivity contribution is 7.89. The van der Waals surface area contributed by atoms with Gasteiger partial charge in [0.1, 0.15) is 6.04 Å². The van der Waals surface area contributed by atoms with Gasteiger partial charge in [-0.15, -0.1) is 0 Å². The molecule has 2 amide bonds. The molecule has 0 saturated carbocycles. The van der Waals surface area contributed by atoms with Crippen LogP contribution in [0, 0.1) is 5.92 Å². The Bertz CT molecular complexity index is 862. The molecule has 1 atom stereocenters. The molecule has 0 aromatic heterocycles. The number of ether oxygens (including phenoxy) is 1. The van der Waals surface area contributed by atoms with Gasteiger partial charge in [-0.2, -0.15) is 4.31 Å². The predicted octanol–water partition coefficient (Wildman–Crippen LogP) is 0.515. The van der Waals surface area contributed by atoms with Crippen LogP contribution in [0.5, 0.6) is 0 Å². The van der Waals surface area contributed by atoms with E-state index in [9.17, 15) is 22.8 Å². The van der Waals surface area contributed by atoms with Gasteiger partial charge in [0, 0.05) is 25.6 Å². The van der Waals surface area contributed by atoms with Gasteiger partial charge in [0.25, 0.3) is 0 Å². The first kappa shape index (κ1) is 22.8. The van der Waals surface area contributed by atoms with Crippen LogP contribution in [0.25, 0.3) is 0 Å². The third-order valence-electron chi connectivity index (χ3n) is 4.84. The van der Waals surface area contributed by atoms with E-state index in [4.69, 9.17) is 0 Å². The number of carbonyl (C=O) groups excluding carboxylic acids is 3. The maximum atomic E-state index is 13.0. The van der Waals surface area contributed by atoms with Crippen LogP contribution in [0.2, 0.25) is 0 Å². The SMILES string of the molecule is CCNC(=O)[C@@H](C)NC(=O)C1CCN(S(=O)(=O)c2ccccc2C(=O)OC)CC1. The predicted molar refractivity (Wildman–Crippen MR) is 106 cm³/mol. The number of rotatable bonds is 7. The second kappa shape index (κ2) is 9.84. The summed E-state index contributed by atoms with van der Waals surface area (Å²) >= 11 is 0. The molecule has 2 rings (SSSR count). The van der Waals surface area contributed by atoms with Gasteiger partial charge in [-0.25, -0.2) is 13.2 Å². The molecule has 0 bridgehead atoms. The second-order valence-electron chi connectivity index (χ2n) is 6.79. The molecule has 160 valence electrons. The molecule has 10 heteroatoms. The lowest BCUT2D eigenvalue weighted by Crippen LogP contribution is -2.49. The molecular weight excluding hydrogens is 398 g/mol. The fraction of sp³-hybridized carbons (Fsp3) is 0.526. The molecule has 9 nitrogen and oxygen atoms in total. The maximum Gasteiger partial charge on any atom is 0.339 e. The second-order valence-corrected chi connectivity index (χ2v) is 8.70. The van der Waals surface area contributed by atoms with E-state index in [1.54, 1.807) is 26.0 Å². The number of hydrogen-bond donors (Lipinski definition) is 2. The Balaban J connectivity index is 2.04. The first-order valence-electron chi connectivity index (χ1n) is 9.48.